The molecule has 0 saturated heterocycles. The quantitative estimate of drug-likeness (QED) is 0.144. The predicted octanol–water partition coefficient (Wildman–Crippen LogP) is 6.77. The first-order chi connectivity index (χ1) is 15.8. The van der Waals surface area contributed by atoms with Gasteiger partial charge in [0.05, 0.1) is 10.7 Å². The summed E-state index contributed by atoms with van der Waals surface area (Å²) in [6.07, 6.45) is 3.12. The SMILES string of the molecule is C=C(O)CCCCCNC(=O)OCC(C)c1cc(Sc2ccccc2)c(CC)cc1[N+](=O)[O-]. The molecule has 7 nitrogen and oxygen atoms in total. The van der Waals surface area contributed by atoms with Gasteiger partial charge in [-0.05, 0) is 43.0 Å². The van der Waals surface area contributed by atoms with Crippen LogP contribution in [0.3, 0.4) is 0 Å². The zero-order chi connectivity index (χ0) is 24.2. The van der Waals surface area contributed by atoms with Crippen LogP contribution in [0.2, 0.25) is 0 Å². The van der Waals surface area contributed by atoms with E-state index in [1.807, 2.05) is 50.2 Å². The van der Waals surface area contributed by atoms with Gasteiger partial charge in [0.2, 0.25) is 0 Å². The number of hydrogen-bond acceptors (Lipinski definition) is 6. The Kier molecular flexibility index (Phi) is 10.8. The highest BCUT2D eigenvalue weighted by Gasteiger charge is 2.23. The lowest BCUT2D eigenvalue weighted by Gasteiger charge is -2.16. The highest BCUT2D eigenvalue weighted by atomic mass is 32.2. The van der Waals surface area contributed by atoms with Crippen molar-refractivity contribution in [3.63, 3.8) is 0 Å². The molecular weight excluding hydrogens is 440 g/mol. The normalized spacial score (nSPS) is 11.6. The topological polar surface area (TPSA) is 102 Å². The average Bonchev–Trinajstić information content (AvgIpc) is 2.79. The summed E-state index contributed by atoms with van der Waals surface area (Å²) in [5.41, 5.74) is 1.51. The predicted molar refractivity (Wildman–Crippen MR) is 131 cm³/mol. The fraction of sp³-hybridized carbons (Fsp3) is 0.400. The minimum atomic E-state index is -0.542. The van der Waals surface area contributed by atoms with Crippen LogP contribution in [0.25, 0.3) is 0 Å². The van der Waals surface area contributed by atoms with Crippen molar-refractivity contribution >= 4 is 23.5 Å². The van der Waals surface area contributed by atoms with Gasteiger partial charge in [-0.15, -0.1) is 0 Å². The maximum absolute atomic E-state index is 12.0. The van der Waals surface area contributed by atoms with Crippen LogP contribution >= 0.6 is 11.8 Å². The van der Waals surface area contributed by atoms with Crippen molar-refractivity contribution in [3.8, 4) is 0 Å². The number of carbonyl (C=O) groups excluding carboxylic acids is 1. The Morgan fingerprint density at radius 3 is 2.61 bits per heavy atom. The molecule has 8 heteroatoms. The summed E-state index contributed by atoms with van der Waals surface area (Å²) in [6, 6.07) is 13.4. The summed E-state index contributed by atoms with van der Waals surface area (Å²) < 4.78 is 5.32. The van der Waals surface area contributed by atoms with Gasteiger partial charge in [0, 0.05) is 40.3 Å². The Balaban J connectivity index is 2.01. The molecule has 1 atom stereocenters. The number of benzene rings is 2. The number of amides is 1. The summed E-state index contributed by atoms with van der Waals surface area (Å²) in [7, 11) is 0. The lowest BCUT2D eigenvalue weighted by molar-refractivity contribution is -0.385. The maximum Gasteiger partial charge on any atom is 0.407 e. The molecule has 0 spiro atoms. The zero-order valence-electron chi connectivity index (χ0n) is 19.2. The minimum Gasteiger partial charge on any atom is -0.513 e. The molecule has 2 N–H and O–H groups in total. The number of hydrogen-bond donors (Lipinski definition) is 2. The number of alkyl carbamates (subject to hydrolysis) is 1. The molecule has 0 saturated carbocycles. The second kappa shape index (κ2) is 13.5. The van der Waals surface area contributed by atoms with Crippen LogP contribution in [0.5, 0.6) is 0 Å². The zero-order valence-corrected chi connectivity index (χ0v) is 20.0. The third kappa shape index (κ3) is 8.81. The van der Waals surface area contributed by atoms with Gasteiger partial charge in [0.15, 0.2) is 0 Å². The molecule has 0 heterocycles. The van der Waals surface area contributed by atoms with Crippen LogP contribution in [-0.2, 0) is 11.2 Å². The monoisotopic (exact) mass is 472 g/mol. The highest BCUT2D eigenvalue weighted by molar-refractivity contribution is 7.99. The van der Waals surface area contributed by atoms with E-state index in [2.05, 4.69) is 11.9 Å². The van der Waals surface area contributed by atoms with Gasteiger partial charge in [-0.25, -0.2) is 4.79 Å². The summed E-state index contributed by atoms with van der Waals surface area (Å²) in [5, 5.41) is 23.5. The van der Waals surface area contributed by atoms with Crippen molar-refractivity contribution in [1.29, 1.82) is 0 Å². The molecule has 1 amide bonds. The summed E-state index contributed by atoms with van der Waals surface area (Å²) in [5.74, 6) is -0.171. The number of aliphatic hydroxyl groups is 1. The summed E-state index contributed by atoms with van der Waals surface area (Å²) >= 11 is 1.57. The third-order valence-corrected chi connectivity index (χ3v) is 6.27. The van der Waals surface area contributed by atoms with Crippen molar-refractivity contribution in [2.45, 2.75) is 61.7 Å². The van der Waals surface area contributed by atoms with Crippen LogP contribution in [0.4, 0.5) is 10.5 Å². The van der Waals surface area contributed by atoms with E-state index in [1.54, 1.807) is 17.8 Å². The number of aliphatic hydroxyl groups excluding tert-OH is 1. The van der Waals surface area contributed by atoms with Crippen molar-refractivity contribution in [1.82, 2.24) is 5.32 Å². The van der Waals surface area contributed by atoms with Crippen LogP contribution in [0.1, 0.15) is 56.6 Å². The smallest absolute Gasteiger partial charge is 0.407 e. The lowest BCUT2D eigenvalue weighted by atomic mass is 9.97. The molecule has 0 aromatic heterocycles. The third-order valence-electron chi connectivity index (χ3n) is 5.17. The van der Waals surface area contributed by atoms with Gasteiger partial charge in [0.1, 0.15) is 6.61 Å². The fourth-order valence-electron chi connectivity index (χ4n) is 3.33. The first-order valence-corrected chi connectivity index (χ1v) is 11.9. The summed E-state index contributed by atoms with van der Waals surface area (Å²) in [4.78, 5) is 25.4. The van der Waals surface area contributed by atoms with Crippen molar-refractivity contribution in [3.05, 3.63) is 76.0 Å². The van der Waals surface area contributed by atoms with Crippen molar-refractivity contribution in [2.24, 2.45) is 0 Å². The molecule has 0 aliphatic carbocycles. The Morgan fingerprint density at radius 2 is 1.97 bits per heavy atom. The Labute approximate surface area is 199 Å². The number of aryl methyl sites for hydroxylation is 1. The largest absolute Gasteiger partial charge is 0.513 e. The Hall–Kier alpha value is -3.00. The molecule has 33 heavy (non-hydrogen) atoms. The molecule has 2 aromatic rings. The Bertz CT molecular complexity index is 949. The van der Waals surface area contributed by atoms with E-state index in [4.69, 9.17) is 9.84 Å². The van der Waals surface area contributed by atoms with Gasteiger partial charge in [0.25, 0.3) is 5.69 Å². The van der Waals surface area contributed by atoms with Crippen LogP contribution in [0.15, 0.2) is 64.6 Å². The Morgan fingerprint density at radius 1 is 1.24 bits per heavy atom. The second-order valence-electron chi connectivity index (χ2n) is 7.85. The molecule has 0 fully saturated rings. The van der Waals surface area contributed by atoms with E-state index >= 15 is 0 Å². The van der Waals surface area contributed by atoms with E-state index in [-0.39, 0.29) is 28.9 Å². The first-order valence-electron chi connectivity index (χ1n) is 11.1. The van der Waals surface area contributed by atoms with Crippen LogP contribution in [0, 0.1) is 10.1 Å². The van der Waals surface area contributed by atoms with Gasteiger partial charge in [-0.2, -0.15) is 0 Å². The number of nitrogens with one attached hydrogen (secondary N) is 1. The van der Waals surface area contributed by atoms with Gasteiger partial charge >= 0.3 is 6.09 Å². The number of nitro groups is 1. The number of allylic oxidation sites excluding steroid dienone is 1. The lowest BCUT2D eigenvalue weighted by Crippen LogP contribution is -2.26. The number of carbonyl (C=O) groups is 1. The number of ether oxygens (including phenoxy) is 1. The second-order valence-corrected chi connectivity index (χ2v) is 8.96. The van der Waals surface area contributed by atoms with Gasteiger partial charge in [-0.1, -0.05) is 56.8 Å². The molecule has 0 aliphatic rings. The highest BCUT2D eigenvalue weighted by Crippen LogP contribution is 2.37. The molecule has 0 radical (unpaired) electrons. The van der Waals surface area contributed by atoms with E-state index in [1.165, 1.54) is 0 Å². The average molecular weight is 473 g/mol. The molecule has 0 aliphatic heterocycles. The maximum atomic E-state index is 12.0. The van der Waals surface area contributed by atoms with Gasteiger partial charge < -0.3 is 15.2 Å². The van der Waals surface area contributed by atoms with E-state index in [0.717, 1.165) is 34.6 Å². The number of nitro benzene ring substituents is 1. The van der Waals surface area contributed by atoms with E-state index in [9.17, 15) is 14.9 Å². The number of nitrogens with zero attached hydrogens (tertiary/aromatic N) is 1. The molecular formula is C25H32N2O5S. The number of unbranched alkanes of at least 4 members (excludes halogenated alkanes) is 2. The van der Waals surface area contributed by atoms with Crippen molar-refractivity contribution < 1.29 is 19.6 Å². The first kappa shape index (κ1) is 26.3. The van der Waals surface area contributed by atoms with Crippen LogP contribution in [-0.4, -0.2) is 29.3 Å². The van der Waals surface area contributed by atoms with E-state index < -0.39 is 6.09 Å². The molecule has 0 bridgehead atoms. The molecule has 2 rings (SSSR count). The molecule has 2 aromatic carbocycles. The standard InChI is InChI=1S/C25H32N2O5S/c1-4-20-15-23(27(30)31)22(16-24(20)33-21-12-8-5-9-13-21)18(2)17-32-25(29)26-14-10-6-7-11-19(3)28/h5,8-9,12-13,15-16,18,28H,3-4,6-7,10-11,14,17H2,1-2H3,(H,26,29). The number of rotatable bonds is 13. The fourth-order valence-corrected chi connectivity index (χ4v) is 4.40. The molecule has 1 unspecified atom stereocenters. The molecule has 178 valence electrons. The van der Waals surface area contributed by atoms with Crippen LogP contribution < -0.4 is 5.32 Å². The summed E-state index contributed by atoms with van der Waals surface area (Å²) in [6.45, 7) is 7.74. The minimum absolute atomic E-state index is 0.0396. The van der Waals surface area contributed by atoms with Crippen molar-refractivity contribution in [2.75, 3.05) is 13.2 Å². The van der Waals surface area contributed by atoms with Gasteiger partial charge in [-0.3, -0.25) is 10.1 Å². The van der Waals surface area contributed by atoms with E-state index in [0.29, 0.717) is 24.9 Å².